The van der Waals surface area contributed by atoms with E-state index in [9.17, 15) is 14.7 Å². The number of amides is 1. The number of piperazine rings is 1. The van der Waals surface area contributed by atoms with Crippen molar-refractivity contribution >= 4 is 23.4 Å². The number of benzene rings is 1. The third kappa shape index (κ3) is 6.24. The van der Waals surface area contributed by atoms with Gasteiger partial charge < -0.3 is 25.1 Å². The van der Waals surface area contributed by atoms with Crippen molar-refractivity contribution in [2.24, 2.45) is 5.92 Å². The van der Waals surface area contributed by atoms with E-state index in [0.29, 0.717) is 19.0 Å². The molecule has 1 aromatic heterocycles. The van der Waals surface area contributed by atoms with Crippen LogP contribution in [0.2, 0.25) is 0 Å². The molecule has 0 bridgehead atoms. The number of nitrogens with one attached hydrogen (secondary N) is 1. The molecule has 2 saturated heterocycles. The number of aliphatic carboxylic acids is 1. The van der Waals surface area contributed by atoms with Crippen LogP contribution in [0, 0.1) is 5.92 Å². The second-order valence-corrected chi connectivity index (χ2v) is 10.9. The summed E-state index contributed by atoms with van der Waals surface area (Å²) in [7, 11) is 2.12. The average molecular weight is 506 g/mol. The Morgan fingerprint density at radius 1 is 1.14 bits per heavy atom. The van der Waals surface area contributed by atoms with Gasteiger partial charge in [0.05, 0.1) is 12.3 Å². The Balaban J connectivity index is 1.22. The summed E-state index contributed by atoms with van der Waals surface area (Å²) in [6.45, 7) is 6.22. The van der Waals surface area contributed by atoms with E-state index in [4.69, 9.17) is 4.98 Å². The van der Waals surface area contributed by atoms with Crippen molar-refractivity contribution in [1.82, 2.24) is 14.8 Å². The van der Waals surface area contributed by atoms with E-state index in [1.54, 1.807) is 0 Å². The number of likely N-dealkylation sites (N-methyl/N-ethyl adjacent to an activating group) is 1. The number of nitrogens with zero attached hydrogens (tertiary/aromatic N) is 4. The molecule has 2 N–H and O–H groups in total. The van der Waals surface area contributed by atoms with Crippen molar-refractivity contribution in [3.05, 3.63) is 53.2 Å². The molecular formula is C29H39N5O3. The van der Waals surface area contributed by atoms with Crippen molar-refractivity contribution in [1.29, 1.82) is 0 Å². The number of hydrogen-bond acceptors (Lipinski definition) is 6. The van der Waals surface area contributed by atoms with Crippen LogP contribution < -0.4 is 10.2 Å². The van der Waals surface area contributed by atoms with Gasteiger partial charge in [0.2, 0.25) is 5.91 Å². The first-order valence-corrected chi connectivity index (χ1v) is 13.7. The van der Waals surface area contributed by atoms with Crippen molar-refractivity contribution < 1.29 is 14.7 Å². The van der Waals surface area contributed by atoms with E-state index in [2.05, 4.69) is 40.4 Å². The summed E-state index contributed by atoms with van der Waals surface area (Å²) in [5.74, 6) is -0.209. The van der Waals surface area contributed by atoms with Crippen LogP contribution in [0.4, 0.5) is 11.5 Å². The Morgan fingerprint density at radius 2 is 1.97 bits per heavy atom. The van der Waals surface area contributed by atoms with Crippen molar-refractivity contribution in [3.63, 3.8) is 0 Å². The van der Waals surface area contributed by atoms with Crippen LogP contribution in [0.25, 0.3) is 0 Å². The maximum absolute atomic E-state index is 13.6. The normalized spacial score (nSPS) is 20.8. The molecule has 8 heteroatoms. The summed E-state index contributed by atoms with van der Waals surface area (Å²) in [5, 5.41) is 13.0. The molecule has 1 amide bonds. The number of carboxylic acids is 1. The largest absolute Gasteiger partial charge is 0.481 e. The zero-order valence-corrected chi connectivity index (χ0v) is 21.9. The zero-order valence-electron chi connectivity index (χ0n) is 21.9. The first-order valence-electron chi connectivity index (χ1n) is 13.7. The van der Waals surface area contributed by atoms with Crippen LogP contribution in [-0.4, -0.2) is 84.6 Å². The quantitative estimate of drug-likeness (QED) is 0.569. The van der Waals surface area contributed by atoms with Gasteiger partial charge in [0.1, 0.15) is 5.82 Å². The number of carboxylic acid groups (broad SMARTS) is 1. The fraction of sp³-hybridized carbons (Fsp3) is 0.552. The van der Waals surface area contributed by atoms with E-state index >= 15 is 0 Å². The number of fused-ring (bicyclic) bond motifs is 1. The smallest absolute Gasteiger partial charge is 0.304 e. The molecule has 2 atom stereocenters. The van der Waals surface area contributed by atoms with Gasteiger partial charge in [-0.05, 0) is 74.4 Å². The predicted molar refractivity (Wildman–Crippen MR) is 145 cm³/mol. The summed E-state index contributed by atoms with van der Waals surface area (Å²) in [6, 6.07) is 12.3. The number of pyridine rings is 1. The topological polar surface area (TPSA) is 89.0 Å². The number of hydrogen-bond donors (Lipinski definition) is 2. The Morgan fingerprint density at radius 3 is 2.78 bits per heavy atom. The van der Waals surface area contributed by atoms with Gasteiger partial charge >= 0.3 is 5.97 Å². The SMILES string of the molecule is CN1CCN(c2cccc([C@H](CC(=O)O)C(=O)N3CC[C@@H](CCc4ccc5c(n4)NCCC5)C3)c2)CC1. The second kappa shape index (κ2) is 11.5. The number of carbonyl (C=O) groups excluding carboxylic acids is 1. The van der Waals surface area contributed by atoms with E-state index in [1.165, 1.54) is 5.56 Å². The third-order valence-electron chi connectivity index (χ3n) is 8.18. The standard InChI is InChI=1S/C29H39N5O3/c1-32-14-16-33(17-15-32)25-6-2-4-23(18-25)26(19-27(35)36)29(37)34-13-11-21(20-34)7-9-24-10-8-22-5-3-12-30-28(22)31-24/h2,4,6,8,10,18,21,26H,3,5,7,9,11-17,19-20H2,1H3,(H,30,31)(H,35,36)/t21-,26+/m1/s1. The number of anilines is 2. The third-order valence-corrected chi connectivity index (χ3v) is 8.18. The summed E-state index contributed by atoms with van der Waals surface area (Å²) in [4.78, 5) is 36.7. The molecular weight excluding hydrogens is 466 g/mol. The molecule has 0 aliphatic carbocycles. The van der Waals surface area contributed by atoms with Gasteiger partial charge in [0, 0.05) is 57.2 Å². The highest BCUT2D eigenvalue weighted by molar-refractivity contribution is 5.88. The van der Waals surface area contributed by atoms with Gasteiger partial charge in [0.25, 0.3) is 0 Å². The van der Waals surface area contributed by atoms with Crippen LogP contribution in [0.15, 0.2) is 36.4 Å². The lowest BCUT2D eigenvalue weighted by Gasteiger charge is -2.34. The lowest BCUT2D eigenvalue weighted by Crippen LogP contribution is -2.44. The highest BCUT2D eigenvalue weighted by Gasteiger charge is 2.33. The van der Waals surface area contributed by atoms with E-state index < -0.39 is 11.9 Å². The molecule has 0 radical (unpaired) electrons. The molecule has 2 fully saturated rings. The summed E-state index contributed by atoms with van der Waals surface area (Å²) in [6.07, 6.45) is 4.90. The number of aromatic nitrogens is 1. The van der Waals surface area contributed by atoms with Crippen LogP contribution in [0.1, 0.15) is 48.4 Å². The first kappa shape index (κ1) is 25.5. The van der Waals surface area contributed by atoms with E-state index in [0.717, 1.165) is 87.6 Å². The summed E-state index contributed by atoms with van der Waals surface area (Å²) >= 11 is 0. The molecule has 5 rings (SSSR count). The number of aryl methyl sites for hydroxylation is 2. The van der Waals surface area contributed by atoms with E-state index in [-0.39, 0.29) is 12.3 Å². The Kier molecular flexibility index (Phi) is 7.93. The van der Waals surface area contributed by atoms with Gasteiger partial charge in [-0.1, -0.05) is 18.2 Å². The van der Waals surface area contributed by atoms with Gasteiger partial charge in [-0.15, -0.1) is 0 Å². The minimum atomic E-state index is -0.939. The predicted octanol–water partition coefficient (Wildman–Crippen LogP) is 3.23. The molecule has 3 aliphatic heterocycles. The van der Waals surface area contributed by atoms with E-state index in [1.807, 2.05) is 23.1 Å². The van der Waals surface area contributed by atoms with Gasteiger partial charge in [-0.25, -0.2) is 4.98 Å². The van der Waals surface area contributed by atoms with Crippen molar-refractivity contribution in [3.8, 4) is 0 Å². The maximum atomic E-state index is 13.6. The maximum Gasteiger partial charge on any atom is 0.304 e. The monoisotopic (exact) mass is 505 g/mol. The molecule has 37 heavy (non-hydrogen) atoms. The molecule has 1 aromatic carbocycles. The average Bonchev–Trinajstić information content (AvgIpc) is 3.40. The van der Waals surface area contributed by atoms with Gasteiger partial charge in [-0.3, -0.25) is 9.59 Å². The number of rotatable bonds is 8. The molecule has 198 valence electrons. The molecule has 4 heterocycles. The highest BCUT2D eigenvalue weighted by Crippen LogP contribution is 2.31. The summed E-state index contributed by atoms with van der Waals surface area (Å²) < 4.78 is 0. The molecule has 0 saturated carbocycles. The van der Waals surface area contributed by atoms with Crippen molar-refractivity contribution in [2.75, 3.05) is 63.1 Å². The molecule has 2 aromatic rings. The molecule has 8 nitrogen and oxygen atoms in total. The first-order chi connectivity index (χ1) is 18.0. The fourth-order valence-corrected chi connectivity index (χ4v) is 5.87. The minimum absolute atomic E-state index is 0.0588. The highest BCUT2D eigenvalue weighted by atomic mass is 16.4. The minimum Gasteiger partial charge on any atom is -0.481 e. The second-order valence-electron chi connectivity index (χ2n) is 10.9. The Labute approximate surface area is 219 Å². The fourth-order valence-electron chi connectivity index (χ4n) is 5.87. The van der Waals surface area contributed by atoms with Crippen LogP contribution in [0.5, 0.6) is 0 Å². The Bertz CT molecular complexity index is 1110. The lowest BCUT2D eigenvalue weighted by atomic mass is 9.93. The number of carbonyl (C=O) groups is 2. The van der Waals surface area contributed by atoms with Crippen molar-refractivity contribution in [2.45, 2.75) is 44.4 Å². The van der Waals surface area contributed by atoms with Crippen LogP contribution >= 0.6 is 0 Å². The van der Waals surface area contributed by atoms with Gasteiger partial charge in [-0.2, -0.15) is 0 Å². The van der Waals surface area contributed by atoms with Crippen LogP contribution in [-0.2, 0) is 22.4 Å². The van der Waals surface area contributed by atoms with Gasteiger partial charge in [0.15, 0.2) is 0 Å². The molecule has 0 spiro atoms. The lowest BCUT2D eigenvalue weighted by molar-refractivity contribution is -0.141. The summed E-state index contributed by atoms with van der Waals surface area (Å²) in [5.41, 5.74) is 4.27. The molecule has 3 aliphatic rings. The Hall–Kier alpha value is -3.13. The number of likely N-dealkylation sites (tertiary alicyclic amines) is 1. The zero-order chi connectivity index (χ0) is 25.8. The van der Waals surface area contributed by atoms with Crippen LogP contribution in [0.3, 0.4) is 0 Å². The molecule has 0 unspecified atom stereocenters.